The number of aryl methyl sites for hydroxylation is 11. The third kappa shape index (κ3) is 17.5. The molecule has 17 rings (SSSR count). The van der Waals surface area contributed by atoms with E-state index in [9.17, 15) is 0 Å². The van der Waals surface area contributed by atoms with Crippen LogP contribution in [0.4, 0.5) is 0 Å². The molecule has 12 heteroatoms. The van der Waals surface area contributed by atoms with Crippen LogP contribution in [0, 0.1) is 52.4 Å². The summed E-state index contributed by atoms with van der Waals surface area (Å²) in [6.45, 7) is 51.3. The Labute approximate surface area is 718 Å². The molecule has 0 unspecified atom stereocenters. The van der Waals surface area contributed by atoms with Gasteiger partial charge in [-0.2, -0.15) is 0 Å². The summed E-state index contributed by atoms with van der Waals surface area (Å²) in [6, 6.07) is 44.2. The average Bonchev–Trinajstić information content (AvgIpc) is 1.65. The summed E-state index contributed by atoms with van der Waals surface area (Å²) in [6.07, 6.45) is 19.6. The summed E-state index contributed by atoms with van der Waals surface area (Å²) in [4.78, 5) is 19.1. The molecular formula is C109H132N8O4+4. The average molecular weight is 1620 g/mol. The van der Waals surface area contributed by atoms with Gasteiger partial charge < -0.3 is 17.7 Å². The minimum Gasteiger partial charge on any atom is -0.437 e. The molecule has 0 aliphatic heterocycles. The van der Waals surface area contributed by atoms with E-state index in [2.05, 4.69) is 352 Å². The Kier molecular flexibility index (Phi) is 25.6. The molecule has 0 N–H and O–H groups in total. The second kappa shape index (κ2) is 35.8. The molecule has 0 atom stereocenters. The highest BCUT2D eigenvalue weighted by Crippen LogP contribution is 2.45. The van der Waals surface area contributed by atoms with Gasteiger partial charge >= 0.3 is 0 Å². The molecule has 628 valence electrons. The topological polar surface area (TPSA) is 120 Å². The number of benzene rings is 4. The fourth-order valence-electron chi connectivity index (χ4n) is 18.7. The van der Waals surface area contributed by atoms with E-state index in [4.69, 9.17) is 37.6 Å². The van der Waals surface area contributed by atoms with Gasteiger partial charge in [0.15, 0.2) is 47.1 Å². The summed E-state index contributed by atoms with van der Waals surface area (Å²) in [5.74, 6) is 4.76. The van der Waals surface area contributed by atoms with Crippen LogP contribution in [0.3, 0.4) is 0 Å². The van der Waals surface area contributed by atoms with Crippen LogP contribution < -0.4 is 18.3 Å². The third-order valence-corrected chi connectivity index (χ3v) is 25.2. The van der Waals surface area contributed by atoms with Gasteiger partial charge in [-0.1, -0.05) is 186 Å². The Morgan fingerprint density at radius 3 is 0.959 bits per heavy atom. The zero-order valence-corrected chi connectivity index (χ0v) is 77.6. The first-order chi connectivity index (χ1) is 57.7. The van der Waals surface area contributed by atoms with Crippen LogP contribution in [-0.4, -0.2) is 19.9 Å². The van der Waals surface area contributed by atoms with Crippen molar-refractivity contribution in [3.8, 4) is 45.0 Å². The molecule has 121 heavy (non-hydrogen) atoms. The van der Waals surface area contributed by atoms with Crippen molar-refractivity contribution in [1.82, 2.24) is 19.9 Å². The highest BCUT2D eigenvalue weighted by atomic mass is 16.4. The van der Waals surface area contributed by atoms with Gasteiger partial charge in [0.05, 0.1) is 22.3 Å². The number of aromatic nitrogens is 8. The number of furan rings is 4. The first-order valence-corrected chi connectivity index (χ1v) is 45.1. The quantitative estimate of drug-likeness (QED) is 0.0779. The molecule has 0 amide bonds. The van der Waals surface area contributed by atoms with Crippen molar-refractivity contribution in [2.24, 2.45) is 45.9 Å². The molecule has 1 aliphatic carbocycles. The lowest BCUT2D eigenvalue weighted by Gasteiger charge is -2.15. The van der Waals surface area contributed by atoms with Crippen molar-refractivity contribution < 1.29 is 35.9 Å². The van der Waals surface area contributed by atoms with Crippen molar-refractivity contribution in [2.45, 2.75) is 253 Å². The highest BCUT2D eigenvalue weighted by Gasteiger charge is 2.32. The predicted octanol–water partition coefficient (Wildman–Crippen LogP) is 27.4. The number of nitrogens with zero attached hydrogens (tertiary/aromatic N) is 8. The van der Waals surface area contributed by atoms with Gasteiger partial charge in [0, 0.05) is 112 Å². The SMILES string of the molecule is CCc1ccc2c(n1)oc1c(-c3cc(C4CCCC4)c(C)c[n+]3C)c(C)ccc12.CCc1ccc2c(n1)oc1c(-c3cc(CC(C)C)c(C(C)C)c[n+]3C)c(C)ccc12.Cc1ccc2c(oc3nc(C(C)C)ccc32)c1-c1cc(C(C)C)c(CC(C)C)c[n+]1C.Cc1ccc2c(oc3nc(C(C)C)ccc32)c1-c1cc(CC(C)C)c(C(C)C)c[n+]1C. The summed E-state index contributed by atoms with van der Waals surface area (Å²) in [5.41, 5.74) is 36.9. The molecule has 12 nitrogen and oxygen atoms in total. The molecule has 1 fully saturated rings. The normalized spacial score (nSPS) is 12.9. The van der Waals surface area contributed by atoms with Crippen LogP contribution in [-0.2, 0) is 60.3 Å². The second-order valence-electron chi connectivity index (χ2n) is 37.8. The van der Waals surface area contributed by atoms with Gasteiger partial charge in [-0.3, -0.25) is 0 Å². The van der Waals surface area contributed by atoms with Gasteiger partial charge in [0.1, 0.15) is 28.2 Å². The van der Waals surface area contributed by atoms with Gasteiger partial charge in [-0.05, 0) is 226 Å². The molecule has 0 bridgehead atoms. The monoisotopic (exact) mass is 1620 g/mol. The number of pyridine rings is 8. The van der Waals surface area contributed by atoms with Gasteiger partial charge in [0.25, 0.3) is 0 Å². The fourth-order valence-corrected chi connectivity index (χ4v) is 18.7. The van der Waals surface area contributed by atoms with Crippen LogP contribution >= 0.6 is 0 Å². The van der Waals surface area contributed by atoms with Crippen LogP contribution in [0.2, 0.25) is 0 Å². The maximum Gasteiger partial charge on any atom is 0.227 e. The smallest absolute Gasteiger partial charge is 0.227 e. The molecule has 4 aromatic carbocycles. The van der Waals surface area contributed by atoms with Crippen molar-refractivity contribution in [2.75, 3.05) is 0 Å². The molecule has 0 spiro atoms. The third-order valence-electron chi connectivity index (χ3n) is 25.2. The maximum absolute atomic E-state index is 6.44. The number of hydrogen-bond donors (Lipinski definition) is 0. The van der Waals surface area contributed by atoms with E-state index in [1.165, 1.54) is 137 Å². The molecular weight excluding hydrogens is 1490 g/mol. The van der Waals surface area contributed by atoms with Crippen LogP contribution in [0.15, 0.2) is 164 Å². The Hall–Kier alpha value is -10.7. The lowest BCUT2D eigenvalue weighted by molar-refractivity contribution is -0.661. The van der Waals surface area contributed by atoms with Crippen molar-refractivity contribution >= 4 is 88.3 Å². The molecule has 1 saturated carbocycles. The molecule has 12 aromatic heterocycles. The second-order valence-corrected chi connectivity index (χ2v) is 37.8. The first kappa shape index (κ1) is 86.7. The standard InChI is InChI=1S/2C28H35N2O.C27H33N2O.C26H29N2O/c1-16(2)13-20-15-30(8)25(14-23(20)17(3)4)26-19(7)9-10-21-22-11-12-24(18(5)6)29-28(22)31-27(21)26;1-16(2)13-20-14-25(30(8)15-23(20)17(3)4)26-19(7)9-10-21-22-11-12-24(18(5)6)29-28(22)31-27(21)26;1-8-20-10-12-22-21-11-9-18(6)25(26(21)30-27(22)28-20)24-14-19(13-16(2)3)23(17(4)5)15-29(24)7;1-5-19-11-13-21-20-12-10-16(2)24(25(20)29-26(21)27-19)23-14-22(17(3)15-28(23)4)18-8-6-7-9-18/h2*9-12,14-18H,13H2,1-8H3;9-12,14-17H,8,13H2,1-7H3;10-15,18H,5-9H2,1-4H3/q4*+1. The number of hydrogen-bond acceptors (Lipinski definition) is 8. The molecule has 0 radical (unpaired) electrons. The molecule has 1 aliphatic rings. The van der Waals surface area contributed by atoms with Crippen LogP contribution in [0.25, 0.3) is 133 Å². The van der Waals surface area contributed by atoms with E-state index >= 15 is 0 Å². The summed E-state index contributed by atoms with van der Waals surface area (Å²) >= 11 is 0. The molecule has 0 saturated heterocycles. The molecule has 12 heterocycles. The minimum absolute atomic E-state index is 0.374. The predicted molar refractivity (Wildman–Crippen MR) is 502 cm³/mol. The number of rotatable bonds is 18. The maximum atomic E-state index is 6.44. The van der Waals surface area contributed by atoms with Gasteiger partial charge in [-0.25, -0.2) is 38.2 Å². The Morgan fingerprint density at radius 1 is 0.314 bits per heavy atom. The van der Waals surface area contributed by atoms with E-state index in [1.807, 2.05) is 0 Å². The van der Waals surface area contributed by atoms with Crippen LogP contribution in [0.1, 0.15) is 275 Å². The molecule has 16 aromatic rings. The largest absolute Gasteiger partial charge is 0.437 e. The minimum atomic E-state index is 0.374. The van der Waals surface area contributed by atoms with E-state index < -0.39 is 0 Å². The fraction of sp³-hybridized carbons (Fsp3) is 0.413. The summed E-state index contributed by atoms with van der Waals surface area (Å²) in [5, 5.41) is 8.93. The lowest BCUT2D eigenvalue weighted by Crippen LogP contribution is -2.32. The van der Waals surface area contributed by atoms with Crippen molar-refractivity contribution in [1.29, 1.82) is 0 Å². The number of fused-ring (bicyclic) bond motifs is 12. The van der Waals surface area contributed by atoms with E-state index in [-0.39, 0.29) is 0 Å². The Balaban J connectivity index is 0.000000132. The summed E-state index contributed by atoms with van der Waals surface area (Å²) in [7, 11) is 8.60. The van der Waals surface area contributed by atoms with Crippen molar-refractivity contribution in [3.63, 3.8) is 0 Å². The zero-order chi connectivity index (χ0) is 86.6. The van der Waals surface area contributed by atoms with E-state index in [0.29, 0.717) is 53.3 Å². The van der Waals surface area contributed by atoms with E-state index in [0.717, 1.165) is 143 Å². The Morgan fingerprint density at radius 2 is 0.620 bits per heavy atom. The van der Waals surface area contributed by atoms with E-state index in [1.54, 1.807) is 0 Å². The van der Waals surface area contributed by atoms with Crippen molar-refractivity contribution in [3.05, 3.63) is 236 Å². The van der Waals surface area contributed by atoms with Crippen LogP contribution in [0.5, 0.6) is 0 Å². The lowest BCUT2D eigenvalue weighted by atomic mass is 9.90. The van der Waals surface area contributed by atoms with Gasteiger partial charge in [0.2, 0.25) is 45.6 Å². The zero-order valence-electron chi connectivity index (χ0n) is 77.6. The summed E-state index contributed by atoms with van der Waals surface area (Å²) < 4.78 is 34.7. The first-order valence-electron chi connectivity index (χ1n) is 45.1. The highest BCUT2D eigenvalue weighted by molar-refractivity contribution is 6.12. The Bertz CT molecular complexity index is 6560. The van der Waals surface area contributed by atoms with Gasteiger partial charge in [-0.15, -0.1) is 0 Å².